The molecule has 1 aromatic heterocycles. The summed E-state index contributed by atoms with van der Waals surface area (Å²) in [4.78, 5) is 18.8. The number of aromatic nitrogens is 2. The number of nitrogens with two attached hydrogens (primary N) is 1. The monoisotopic (exact) mass is 217 g/mol. The molecule has 1 heterocycles. The standard InChI is InChI=1S/C11H11N3O2/c12-8(11(15)16)5-10-7-3-1-2-4-9(7)13-6-14-10/h1-4,6,8H,5,12H2,(H,15,16). The van der Waals surface area contributed by atoms with Crippen LogP contribution in [-0.4, -0.2) is 27.1 Å². The fourth-order valence-corrected chi connectivity index (χ4v) is 1.52. The SMILES string of the molecule is NC(Cc1ncnc2ccccc12)C(=O)O. The molecule has 0 bridgehead atoms. The third-order valence-electron chi connectivity index (χ3n) is 2.36. The molecule has 0 fully saturated rings. The summed E-state index contributed by atoms with van der Waals surface area (Å²) in [7, 11) is 0. The molecule has 2 aromatic rings. The van der Waals surface area contributed by atoms with E-state index in [2.05, 4.69) is 9.97 Å². The highest BCUT2D eigenvalue weighted by Crippen LogP contribution is 2.14. The lowest BCUT2D eigenvalue weighted by Crippen LogP contribution is -2.32. The minimum atomic E-state index is -1.03. The third kappa shape index (κ3) is 1.99. The topological polar surface area (TPSA) is 89.1 Å². The summed E-state index contributed by atoms with van der Waals surface area (Å²) in [6, 6.07) is 6.52. The van der Waals surface area contributed by atoms with E-state index in [9.17, 15) is 4.79 Å². The maximum atomic E-state index is 10.7. The van der Waals surface area contributed by atoms with E-state index in [0.29, 0.717) is 5.69 Å². The van der Waals surface area contributed by atoms with Gasteiger partial charge in [0.15, 0.2) is 0 Å². The first kappa shape index (κ1) is 10.5. The second-order valence-corrected chi connectivity index (χ2v) is 3.49. The van der Waals surface area contributed by atoms with Crippen LogP contribution in [0.25, 0.3) is 10.9 Å². The highest BCUT2D eigenvalue weighted by atomic mass is 16.4. The highest BCUT2D eigenvalue weighted by Gasteiger charge is 2.14. The summed E-state index contributed by atoms with van der Waals surface area (Å²) < 4.78 is 0. The molecule has 3 N–H and O–H groups in total. The van der Waals surface area contributed by atoms with Crippen LogP contribution < -0.4 is 5.73 Å². The largest absolute Gasteiger partial charge is 0.480 e. The molecule has 0 aliphatic heterocycles. The fourth-order valence-electron chi connectivity index (χ4n) is 1.52. The molecule has 0 spiro atoms. The number of carbonyl (C=O) groups is 1. The number of rotatable bonds is 3. The van der Waals surface area contributed by atoms with E-state index in [-0.39, 0.29) is 6.42 Å². The van der Waals surface area contributed by atoms with Crippen molar-refractivity contribution in [1.29, 1.82) is 0 Å². The molecule has 0 aliphatic carbocycles. The average molecular weight is 217 g/mol. The molecule has 1 unspecified atom stereocenters. The van der Waals surface area contributed by atoms with Gasteiger partial charge in [0.25, 0.3) is 0 Å². The predicted molar refractivity (Wildman–Crippen MR) is 58.9 cm³/mol. The summed E-state index contributed by atoms with van der Waals surface area (Å²) in [5.41, 5.74) is 6.94. The quantitative estimate of drug-likeness (QED) is 0.785. The van der Waals surface area contributed by atoms with Crippen molar-refractivity contribution < 1.29 is 9.90 Å². The van der Waals surface area contributed by atoms with Gasteiger partial charge < -0.3 is 10.8 Å². The lowest BCUT2D eigenvalue weighted by Gasteiger charge is -2.07. The number of hydrogen-bond acceptors (Lipinski definition) is 4. The number of benzene rings is 1. The molecular weight excluding hydrogens is 206 g/mol. The van der Waals surface area contributed by atoms with Crippen LogP contribution in [0.3, 0.4) is 0 Å². The van der Waals surface area contributed by atoms with Gasteiger partial charge in [-0.05, 0) is 6.07 Å². The molecule has 5 nitrogen and oxygen atoms in total. The van der Waals surface area contributed by atoms with Gasteiger partial charge in [-0.15, -0.1) is 0 Å². The molecule has 1 atom stereocenters. The van der Waals surface area contributed by atoms with Crippen molar-refractivity contribution in [2.24, 2.45) is 5.73 Å². The van der Waals surface area contributed by atoms with Crippen molar-refractivity contribution in [3.8, 4) is 0 Å². The summed E-state index contributed by atoms with van der Waals surface area (Å²) in [5, 5.41) is 9.60. The molecule has 0 radical (unpaired) electrons. The maximum absolute atomic E-state index is 10.7. The van der Waals surface area contributed by atoms with Crippen LogP contribution in [0.15, 0.2) is 30.6 Å². The lowest BCUT2D eigenvalue weighted by molar-refractivity contribution is -0.138. The zero-order valence-corrected chi connectivity index (χ0v) is 8.50. The summed E-state index contributed by atoms with van der Waals surface area (Å²) >= 11 is 0. The molecular formula is C11H11N3O2. The minimum Gasteiger partial charge on any atom is -0.480 e. The fraction of sp³-hybridized carbons (Fsp3) is 0.182. The lowest BCUT2D eigenvalue weighted by atomic mass is 10.1. The van der Waals surface area contributed by atoms with Gasteiger partial charge in [0.1, 0.15) is 12.4 Å². The van der Waals surface area contributed by atoms with Crippen molar-refractivity contribution in [2.75, 3.05) is 0 Å². The summed E-state index contributed by atoms with van der Waals surface area (Å²) in [6.07, 6.45) is 1.63. The van der Waals surface area contributed by atoms with E-state index >= 15 is 0 Å². The molecule has 0 amide bonds. The number of aliphatic carboxylic acids is 1. The first-order valence-corrected chi connectivity index (χ1v) is 4.85. The van der Waals surface area contributed by atoms with Crippen molar-refractivity contribution in [2.45, 2.75) is 12.5 Å². The first-order chi connectivity index (χ1) is 7.68. The Balaban J connectivity index is 2.41. The van der Waals surface area contributed by atoms with E-state index in [0.717, 1.165) is 10.9 Å². The second-order valence-electron chi connectivity index (χ2n) is 3.49. The molecule has 0 saturated heterocycles. The van der Waals surface area contributed by atoms with E-state index in [4.69, 9.17) is 10.8 Å². The Morgan fingerprint density at radius 3 is 2.88 bits per heavy atom. The Hall–Kier alpha value is -2.01. The van der Waals surface area contributed by atoms with Gasteiger partial charge in [-0.25, -0.2) is 9.97 Å². The zero-order valence-electron chi connectivity index (χ0n) is 8.50. The molecule has 16 heavy (non-hydrogen) atoms. The summed E-state index contributed by atoms with van der Waals surface area (Å²) in [6.45, 7) is 0. The van der Waals surface area contributed by atoms with Crippen LogP contribution in [0.1, 0.15) is 5.69 Å². The molecule has 0 saturated carbocycles. The van der Waals surface area contributed by atoms with Gasteiger partial charge in [-0.3, -0.25) is 4.79 Å². The van der Waals surface area contributed by atoms with Crippen molar-refractivity contribution >= 4 is 16.9 Å². The highest BCUT2D eigenvalue weighted by molar-refractivity contribution is 5.81. The maximum Gasteiger partial charge on any atom is 0.320 e. The van der Waals surface area contributed by atoms with Crippen LogP contribution in [0.2, 0.25) is 0 Å². The van der Waals surface area contributed by atoms with Crippen LogP contribution in [-0.2, 0) is 11.2 Å². The predicted octanol–water partition coefficient (Wildman–Crippen LogP) is 0.584. The van der Waals surface area contributed by atoms with Gasteiger partial charge in [0.2, 0.25) is 0 Å². The van der Waals surface area contributed by atoms with Gasteiger partial charge in [-0.2, -0.15) is 0 Å². The Labute approximate surface area is 91.9 Å². The van der Waals surface area contributed by atoms with Crippen molar-refractivity contribution in [3.63, 3.8) is 0 Å². The molecule has 5 heteroatoms. The van der Waals surface area contributed by atoms with Crippen LogP contribution >= 0.6 is 0 Å². The zero-order chi connectivity index (χ0) is 11.5. The number of hydrogen-bond donors (Lipinski definition) is 2. The van der Waals surface area contributed by atoms with Gasteiger partial charge in [-0.1, -0.05) is 18.2 Å². The summed E-state index contributed by atoms with van der Waals surface area (Å²) in [5.74, 6) is -1.03. The number of carboxylic acid groups (broad SMARTS) is 1. The van der Waals surface area contributed by atoms with E-state index < -0.39 is 12.0 Å². The van der Waals surface area contributed by atoms with Gasteiger partial charge >= 0.3 is 5.97 Å². The molecule has 1 aromatic carbocycles. The van der Waals surface area contributed by atoms with Crippen LogP contribution in [0.5, 0.6) is 0 Å². The molecule has 2 rings (SSSR count). The average Bonchev–Trinajstić information content (AvgIpc) is 2.29. The molecule has 82 valence electrons. The van der Waals surface area contributed by atoms with Gasteiger partial charge in [0.05, 0.1) is 11.2 Å². The van der Waals surface area contributed by atoms with Crippen molar-refractivity contribution in [3.05, 3.63) is 36.3 Å². The van der Waals surface area contributed by atoms with Crippen LogP contribution in [0, 0.1) is 0 Å². The number of nitrogens with zero attached hydrogens (tertiary/aromatic N) is 2. The number of carboxylic acids is 1. The second kappa shape index (κ2) is 4.24. The van der Waals surface area contributed by atoms with E-state index in [1.165, 1.54) is 6.33 Å². The van der Waals surface area contributed by atoms with Crippen molar-refractivity contribution in [1.82, 2.24) is 9.97 Å². The number of para-hydroxylation sites is 1. The third-order valence-corrected chi connectivity index (χ3v) is 2.36. The Kier molecular flexibility index (Phi) is 2.78. The Morgan fingerprint density at radius 2 is 2.12 bits per heavy atom. The van der Waals surface area contributed by atoms with E-state index in [1.807, 2.05) is 24.3 Å². The van der Waals surface area contributed by atoms with E-state index in [1.54, 1.807) is 0 Å². The Morgan fingerprint density at radius 1 is 1.38 bits per heavy atom. The Bertz CT molecular complexity index is 522. The number of fused-ring (bicyclic) bond motifs is 1. The van der Waals surface area contributed by atoms with Crippen LogP contribution in [0.4, 0.5) is 0 Å². The van der Waals surface area contributed by atoms with Gasteiger partial charge in [0, 0.05) is 11.8 Å². The molecule has 0 aliphatic rings. The normalized spacial score (nSPS) is 12.6. The first-order valence-electron chi connectivity index (χ1n) is 4.85. The minimum absolute atomic E-state index is 0.207. The smallest absolute Gasteiger partial charge is 0.320 e.